The van der Waals surface area contributed by atoms with Crippen LogP contribution < -0.4 is 76.5 Å². The van der Waals surface area contributed by atoms with Gasteiger partial charge in [-0.2, -0.15) is 0 Å². The second kappa shape index (κ2) is 42.3. The molecule has 0 saturated heterocycles. The first-order valence-electron chi connectivity index (χ1n) is 38.3. The summed E-state index contributed by atoms with van der Waals surface area (Å²) in [6.07, 6.45) is 11.4. The Morgan fingerprint density at radius 3 is 0.963 bits per heavy atom. The standard InChI is InChI=1S/C80H112N18O11/c1-5-48(4)70(98-78(106)69(93-71(99)57(85)26-14-18-34-81)42-52-46-89-61-30-13-9-25-56(52)61)79(107)97-68(41-51-45-88-60-29-12-8-24-55(51)60)77(105)96-67(40-50-44-87-59-28-11-7-23-54(50)59)76(104)94-65(38-47(2)3)74(102)95-66(39-49-43-86-58-27-10-6-22-53(49)58)75(103)91-62(31-15-19-35-82)72(100)90-63(32-16-20-36-83)73(101)92-64(80(108)109)33-17-21-37-84/h6-13,22-25,27-30,43-48,57,62-70,86-89H,5,14-21,26,31-42,81-85H2,1-4H3,(H,90,100)(H,91,103)(H,92,101)(H,93,99)(H,94,104)(H,95,102)(H,96,105)(H,97,107)(H,98,106)(H,108,109)/t48-,57-,62-,63-,64-,65-,66-,67-,68-,69-,70-/m0/s1. The van der Waals surface area contributed by atoms with E-state index >= 15 is 24.0 Å². The molecule has 0 unspecified atom stereocenters. The van der Waals surface area contributed by atoms with Crippen LogP contribution in [-0.2, 0) is 73.6 Å². The van der Waals surface area contributed by atoms with Gasteiger partial charge in [-0.15, -0.1) is 0 Å². The van der Waals surface area contributed by atoms with E-state index in [0.29, 0.717) is 101 Å². The predicted octanol–water partition coefficient (Wildman–Crippen LogP) is 4.27. The van der Waals surface area contributed by atoms with E-state index in [1.165, 1.54) is 0 Å². The second-order valence-corrected chi connectivity index (χ2v) is 28.8. The monoisotopic (exact) mass is 1500 g/mol. The number of carboxylic acid groups (broad SMARTS) is 1. The molecule has 588 valence electrons. The van der Waals surface area contributed by atoms with Gasteiger partial charge in [0.1, 0.15) is 54.4 Å². The SMILES string of the molecule is CC[C@H](C)[C@H](NC(=O)[C@H](Cc1c[nH]c2ccccc12)NC(=O)[C@@H](N)CCCCN)C(=O)N[C@@H](Cc1c[nH]c2ccccc12)C(=O)N[C@@H](Cc1c[nH]c2ccccc12)C(=O)N[C@@H](CC(C)C)C(=O)N[C@@H](Cc1c[nH]c2ccccc12)C(=O)N[C@@H](CCCCN)C(=O)N[C@@H](CCCCN)C(=O)N[C@@H](CCCCN)C(=O)O. The molecule has 0 radical (unpaired) electrons. The Hall–Kier alpha value is -10.5. The first-order valence-corrected chi connectivity index (χ1v) is 38.3. The number of nitrogens with two attached hydrogens (primary N) is 5. The fourth-order valence-electron chi connectivity index (χ4n) is 13.7. The van der Waals surface area contributed by atoms with E-state index in [1.807, 2.05) is 118 Å². The van der Waals surface area contributed by atoms with Gasteiger partial charge in [-0.3, -0.25) is 43.2 Å². The van der Waals surface area contributed by atoms with Crippen LogP contribution in [0.15, 0.2) is 122 Å². The van der Waals surface area contributed by atoms with Gasteiger partial charge >= 0.3 is 5.97 Å². The lowest BCUT2D eigenvalue weighted by Crippen LogP contribution is -2.62. The maximum absolute atomic E-state index is 15.7. The normalized spacial score (nSPS) is 14.6. The van der Waals surface area contributed by atoms with Crippen LogP contribution in [0.1, 0.15) is 140 Å². The van der Waals surface area contributed by atoms with E-state index < -0.39 is 125 Å². The zero-order chi connectivity index (χ0) is 78.5. The highest BCUT2D eigenvalue weighted by atomic mass is 16.4. The average molecular weight is 1500 g/mol. The van der Waals surface area contributed by atoms with Crippen molar-refractivity contribution in [1.82, 2.24) is 67.8 Å². The van der Waals surface area contributed by atoms with Crippen molar-refractivity contribution in [3.63, 3.8) is 0 Å². The molecule has 11 atom stereocenters. The van der Waals surface area contributed by atoms with Crippen molar-refractivity contribution in [2.75, 3.05) is 26.2 Å². The minimum atomic E-state index is -1.46. The Morgan fingerprint density at radius 2 is 0.624 bits per heavy atom. The molecule has 0 fully saturated rings. The van der Waals surface area contributed by atoms with Gasteiger partial charge in [0.25, 0.3) is 0 Å². The molecule has 29 heteroatoms. The number of carbonyl (C=O) groups excluding carboxylic acids is 9. The van der Waals surface area contributed by atoms with E-state index in [9.17, 15) is 29.1 Å². The molecule has 0 aliphatic rings. The zero-order valence-corrected chi connectivity index (χ0v) is 62.9. The highest BCUT2D eigenvalue weighted by molar-refractivity contribution is 6.00. The molecule has 8 rings (SSSR count). The van der Waals surface area contributed by atoms with Crippen molar-refractivity contribution in [1.29, 1.82) is 0 Å². The number of carboxylic acids is 1. The molecule has 4 aromatic carbocycles. The molecule has 0 bridgehead atoms. The van der Waals surface area contributed by atoms with Gasteiger partial charge in [-0.05, 0) is 162 Å². The summed E-state index contributed by atoms with van der Waals surface area (Å²) >= 11 is 0. The summed E-state index contributed by atoms with van der Waals surface area (Å²) in [6.45, 7) is 8.62. The fourth-order valence-corrected chi connectivity index (χ4v) is 13.7. The van der Waals surface area contributed by atoms with Gasteiger partial charge in [0.15, 0.2) is 0 Å². The van der Waals surface area contributed by atoms with Crippen LogP contribution in [0.3, 0.4) is 0 Å². The third kappa shape index (κ3) is 24.3. The molecule has 0 spiro atoms. The minimum absolute atomic E-state index is 0.0212. The number of aliphatic carboxylic acids is 1. The van der Waals surface area contributed by atoms with Crippen molar-refractivity contribution < 1.29 is 53.1 Å². The summed E-state index contributed by atoms with van der Waals surface area (Å²) in [5.74, 6) is -8.69. The van der Waals surface area contributed by atoms with Gasteiger partial charge in [-0.25, -0.2) is 4.79 Å². The quantitative estimate of drug-likeness (QED) is 0.0237. The third-order valence-electron chi connectivity index (χ3n) is 20.1. The molecular weight excluding hydrogens is 1390 g/mol. The number of para-hydroxylation sites is 4. The topological polar surface area (TPSA) is 492 Å². The Labute approximate surface area is 635 Å². The highest BCUT2D eigenvalue weighted by Crippen LogP contribution is 2.25. The number of aromatic nitrogens is 4. The molecule has 29 nitrogen and oxygen atoms in total. The number of aromatic amines is 4. The Morgan fingerprint density at radius 1 is 0.349 bits per heavy atom. The van der Waals surface area contributed by atoms with Crippen LogP contribution in [-0.4, -0.2) is 171 Å². The maximum Gasteiger partial charge on any atom is 0.326 e. The lowest BCUT2D eigenvalue weighted by molar-refractivity contribution is -0.142. The maximum atomic E-state index is 15.7. The molecular formula is C80H112N18O11. The van der Waals surface area contributed by atoms with Crippen molar-refractivity contribution in [3.8, 4) is 0 Å². The Kier molecular flexibility index (Phi) is 32.7. The number of amides is 9. The number of hydrogen-bond donors (Lipinski definition) is 19. The van der Waals surface area contributed by atoms with Gasteiger partial charge in [0, 0.05) is 94.1 Å². The number of nitrogens with one attached hydrogen (secondary N) is 13. The number of H-pyrrole nitrogens is 4. The molecule has 4 aromatic heterocycles. The van der Waals surface area contributed by atoms with Crippen LogP contribution in [0.5, 0.6) is 0 Å². The van der Waals surface area contributed by atoms with Gasteiger partial charge in [0.05, 0.1) is 6.04 Å². The minimum Gasteiger partial charge on any atom is -0.480 e. The van der Waals surface area contributed by atoms with Crippen molar-refractivity contribution in [2.24, 2.45) is 40.5 Å². The molecule has 0 aliphatic carbocycles. The number of unbranched alkanes of at least 4 members (excludes halogenated alkanes) is 4. The van der Waals surface area contributed by atoms with Crippen molar-refractivity contribution in [2.45, 2.75) is 204 Å². The number of benzene rings is 4. The van der Waals surface area contributed by atoms with E-state index in [2.05, 4.69) is 67.8 Å². The lowest BCUT2D eigenvalue weighted by atomic mass is 9.95. The van der Waals surface area contributed by atoms with Crippen molar-refractivity contribution >= 4 is 103 Å². The Balaban J connectivity index is 1.10. The molecule has 4 heterocycles. The Bertz CT molecular complexity index is 4330. The predicted molar refractivity (Wildman–Crippen MR) is 422 cm³/mol. The van der Waals surface area contributed by atoms with E-state index in [-0.39, 0.29) is 63.8 Å². The van der Waals surface area contributed by atoms with E-state index in [4.69, 9.17) is 28.7 Å². The van der Waals surface area contributed by atoms with Crippen LogP contribution in [0, 0.1) is 11.8 Å². The summed E-state index contributed by atoms with van der Waals surface area (Å²) < 4.78 is 0. The second-order valence-electron chi connectivity index (χ2n) is 28.8. The first-order chi connectivity index (χ1) is 52.5. The molecule has 109 heavy (non-hydrogen) atoms. The van der Waals surface area contributed by atoms with E-state index in [1.54, 1.807) is 31.7 Å². The van der Waals surface area contributed by atoms with Gasteiger partial charge in [-0.1, -0.05) is 113 Å². The van der Waals surface area contributed by atoms with Gasteiger partial charge < -0.3 is 102 Å². The fraction of sp³-hybridized carbons (Fsp3) is 0.475. The third-order valence-corrected chi connectivity index (χ3v) is 20.1. The largest absolute Gasteiger partial charge is 0.480 e. The molecule has 8 aromatic rings. The van der Waals surface area contributed by atoms with Crippen LogP contribution in [0.2, 0.25) is 0 Å². The first kappa shape index (κ1) is 84.2. The summed E-state index contributed by atoms with van der Waals surface area (Å²) in [5, 5.41) is 39.0. The molecule has 24 N–H and O–H groups in total. The number of fused-ring (bicyclic) bond motifs is 4. The average Bonchev–Trinajstić information content (AvgIpc) is 1.75. The zero-order valence-electron chi connectivity index (χ0n) is 62.9. The number of hydrogen-bond acceptors (Lipinski definition) is 15. The van der Waals surface area contributed by atoms with Crippen LogP contribution >= 0.6 is 0 Å². The summed E-state index contributed by atoms with van der Waals surface area (Å²) in [5.41, 5.74) is 35.2. The number of rotatable bonds is 47. The van der Waals surface area contributed by atoms with Crippen LogP contribution in [0.4, 0.5) is 0 Å². The number of carbonyl (C=O) groups is 10. The summed E-state index contributed by atoms with van der Waals surface area (Å²) in [4.78, 5) is 160. The summed E-state index contributed by atoms with van der Waals surface area (Å²) in [6, 6.07) is 16.8. The van der Waals surface area contributed by atoms with Crippen LogP contribution in [0.25, 0.3) is 43.6 Å². The van der Waals surface area contributed by atoms with Gasteiger partial charge in [0.2, 0.25) is 53.2 Å². The lowest BCUT2D eigenvalue weighted by Gasteiger charge is -2.30. The summed E-state index contributed by atoms with van der Waals surface area (Å²) in [7, 11) is 0. The molecule has 0 saturated carbocycles. The van der Waals surface area contributed by atoms with Crippen molar-refractivity contribution in [3.05, 3.63) is 144 Å². The smallest absolute Gasteiger partial charge is 0.326 e. The van der Waals surface area contributed by atoms with E-state index in [0.717, 1.165) is 49.2 Å². The molecule has 0 aliphatic heterocycles. The highest BCUT2D eigenvalue weighted by Gasteiger charge is 2.38. The molecule has 9 amide bonds.